The third-order valence-corrected chi connectivity index (χ3v) is 4.41. The Balaban J connectivity index is 2.27. The first kappa shape index (κ1) is 11.2. The van der Waals surface area contributed by atoms with Crippen molar-refractivity contribution in [3.8, 4) is 0 Å². The van der Waals surface area contributed by atoms with Crippen LogP contribution in [0, 0.1) is 5.92 Å². The van der Waals surface area contributed by atoms with E-state index >= 15 is 0 Å². The number of piperidine rings is 1. The zero-order valence-electron chi connectivity index (χ0n) is 9.33. The molecule has 2 aliphatic rings. The van der Waals surface area contributed by atoms with Gasteiger partial charge < -0.3 is 15.5 Å². The van der Waals surface area contributed by atoms with Crippen LogP contribution in [0.2, 0.25) is 0 Å². The average Bonchev–Trinajstić information content (AvgIpc) is 2.40. The predicted octanol–water partition coefficient (Wildman–Crippen LogP) is 0.890. The lowest BCUT2D eigenvalue weighted by molar-refractivity contribution is 0.108. The summed E-state index contributed by atoms with van der Waals surface area (Å²) in [4.78, 5) is 3.25. The van der Waals surface area contributed by atoms with Crippen molar-refractivity contribution in [1.29, 1.82) is 0 Å². The zero-order valence-corrected chi connectivity index (χ0v) is 11.0. The van der Waals surface area contributed by atoms with Gasteiger partial charge in [-0.25, -0.2) is 0 Å². The van der Waals surface area contributed by atoms with Gasteiger partial charge in [0.2, 0.25) is 0 Å². The number of nitrogens with zero attached hydrogens (tertiary/aromatic N) is 1. The molecule has 0 aromatic rings. The Hall–Kier alpha value is -0.260. The second-order valence-electron chi connectivity index (χ2n) is 4.77. The van der Waals surface area contributed by atoms with Crippen LogP contribution in [0.15, 0.2) is 0 Å². The Kier molecular flexibility index (Phi) is 2.73. The number of nitrogens with one attached hydrogen (secondary N) is 2. The quantitative estimate of drug-likeness (QED) is 0.616. The van der Waals surface area contributed by atoms with E-state index in [4.69, 9.17) is 24.4 Å². The number of hydrogen-bond acceptors (Lipinski definition) is 3. The molecule has 0 aromatic carbocycles. The van der Waals surface area contributed by atoms with E-state index in [-0.39, 0.29) is 5.54 Å². The molecular weight excluding hydrogens is 226 g/mol. The average molecular weight is 243 g/mol. The third-order valence-electron chi connectivity index (χ3n) is 3.74. The molecule has 0 saturated carbocycles. The molecule has 0 aliphatic carbocycles. The van der Waals surface area contributed by atoms with E-state index in [2.05, 4.69) is 36.4 Å². The van der Waals surface area contributed by atoms with Crippen molar-refractivity contribution < 1.29 is 0 Å². The summed E-state index contributed by atoms with van der Waals surface area (Å²) in [5.41, 5.74) is -0.0989. The van der Waals surface area contributed by atoms with Crippen molar-refractivity contribution in [2.24, 2.45) is 5.92 Å². The minimum absolute atomic E-state index is 0.0989. The molecule has 1 spiro atoms. The lowest BCUT2D eigenvalue weighted by Crippen LogP contribution is -2.61. The largest absolute Gasteiger partial charge is 0.350 e. The van der Waals surface area contributed by atoms with Gasteiger partial charge >= 0.3 is 0 Å². The lowest BCUT2D eigenvalue weighted by Gasteiger charge is -2.46. The van der Waals surface area contributed by atoms with Gasteiger partial charge in [0.05, 0.1) is 5.54 Å². The van der Waals surface area contributed by atoms with Crippen LogP contribution in [0.1, 0.15) is 20.3 Å². The van der Waals surface area contributed by atoms with E-state index in [1.165, 1.54) is 0 Å². The molecule has 0 aromatic heterocycles. The van der Waals surface area contributed by atoms with E-state index in [0.29, 0.717) is 17.1 Å². The maximum absolute atomic E-state index is 5.42. The molecule has 3 nitrogen and oxygen atoms in total. The second-order valence-corrected chi connectivity index (χ2v) is 5.59. The molecule has 0 unspecified atom stereocenters. The minimum Gasteiger partial charge on any atom is -0.350 e. The lowest BCUT2D eigenvalue weighted by atomic mass is 9.76. The first-order chi connectivity index (χ1) is 6.95. The number of thiocarbonyl (C=S) groups is 2. The fourth-order valence-electron chi connectivity index (χ4n) is 2.59. The number of hydrogen-bond donors (Lipinski definition) is 2. The third kappa shape index (κ3) is 1.66. The van der Waals surface area contributed by atoms with Crippen LogP contribution >= 0.6 is 24.4 Å². The number of rotatable bonds is 0. The highest BCUT2D eigenvalue weighted by Crippen LogP contribution is 2.33. The summed E-state index contributed by atoms with van der Waals surface area (Å²) in [7, 11) is 2.16. The van der Waals surface area contributed by atoms with Gasteiger partial charge in [0.25, 0.3) is 0 Å². The van der Waals surface area contributed by atoms with Crippen molar-refractivity contribution in [2.45, 2.75) is 31.8 Å². The molecule has 2 heterocycles. The van der Waals surface area contributed by atoms with Gasteiger partial charge in [-0.3, -0.25) is 0 Å². The molecular formula is C10H17N3S2. The van der Waals surface area contributed by atoms with E-state index < -0.39 is 0 Å². The van der Waals surface area contributed by atoms with E-state index in [0.717, 1.165) is 18.0 Å². The molecule has 2 fully saturated rings. The van der Waals surface area contributed by atoms with E-state index in [1.807, 2.05) is 0 Å². The summed E-state index contributed by atoms with van der Waals surface area (Å²) in [5.74, 6) is 0.485. The highest BCUT2D eigenvalue weighted by atomic mass is 32.1. The topological polar surface area (TPSA) is 27.3 Å². The van der Waals surface area contributed by atoms with Crippen LogP contribution in [-0.4, -0.2) is 40.2 Å². The maximum Gasteiger partial charge on any atom is 0.172 e. The molecule has 84 valence electrons. The molecule has 2 saturated heterocycles. The van der Waals surface area contributed by atoms with Crippen molar-refractivity contribution in [3.63, 3.8) is 0 Å². The molecule has 2 aliphatic heterocycles. The highest BCUT2D eigenvalue weighted by molar-refractivity contribution is 7.82. The monoisotopic (exact) mass is 243 g/mol. The number of likely N-dealkylation sites (tertiary alicyclic amines) is 1. The van der Waals surface area contributed by atoms with Crippen LogP contribution in [0.5, 0.6) is 0 Å². The van der Waals surface area contributed by atoms with Crippen LogP contribution < -0.4 is 10.6 Å². The van der Waals surface area contributed by atoms with Crippen molar-refractivity contribution in [1.82, 2.24) is 15.5 Å². The summed E-state index contributed by atoms with van der Waals surface area (Å²) in [6.07, 6.45) is 1.02. The SMILES string of the molecule is C[C@@H]1C[C@@]2(NC(=S)NC2=S)[C@H](C)CN1C. The molecule has 15 heavy (non-hydrogen) atoms. The fourth-order valence-corrected chi connectivity index (χ4v) is 3.37. The van der Waals surface area contributed by atoms with Gasteiger partial charge in [0.1, 0.15) is 4.99 Å². The van der Waals surface area contributed by atoms with Crippen molar-refractivity contribution in [3.05, 3.63) is 0 Å². The van der Waals surface area contributed by atoms with Gasteiger partial charge in [-0.05, 0) is 38.5 Å². The van der Waals surface area contributed by atoms with Gasteiger partial charge in [-0.1, -0.05) is 19.1 Å². The summed E-state index contributed by atoms with van der Waals surface area (Å²) in [5, 5.41) is 7.13. The molecule has 2 rings (SSSR count). The first-order valence-electron chi connectivity index (χ1n) is 5.29. The molecule has 2 N–H and O–H groups in total. The Labute approximate surface area is 102 Å². The summed E-state index contributed by atoms with van der Waals surface area (Å²) in [6, 6.07) is 0.536. The molecule has 3 atom stereocenters. The van der Waals surface area contributed by atoms with Crippen LogP contribution in [0.4, 0.5) is 0 Å². The predicted molar refractivity (Wildman–Crippen MR) is 70.1 cm³/mol. The normalized spacial score (nSPS) is 41.8. The standard InChI is InChI=1S/C10H17N3S2/c1-6-5-13(3)7(2)4-10(6)8(14)11-9(15)12-10/h6-7H,4-5H2,1-3H3,(H2,11,12,14,15)/t6-,7-,10-/m1/s1. The van der Waals surface area contributed by atoms with Crippen molar-refractivity contribution in [2.75, 3.05) is 13.6 Å². The first-order valence-corrected chi connectivity index (χ1v) is 6.11. The van der Waals surface area contributed by atoms with Gasteiger partial charge in [-0.2, -0.15) is 0 Å². The van der Waals surface area contributed by atoms with E-state index in [1.54, 1.807) is 0 Å². The van der Waals surface area contributed by atoms with Crippen LogP contribution in [0.3, 0.4) is 0 Å². The smallest absolute Gasteiger partial charge is 0.172 e. The second kappa shape index (κ2) is 3.64. The summed E-state index contributed by atoms with van der Waals surface area (Å²) in [6.45, 7) is 5.52. The van der Waals surface area contributed by atoms with E-state index in [9.17, 15) is 0 Å². The zero-order chi connectivity index (χ0) is 11.2. The highest BCUT2D eigenvalue weighted by Gasteiger charge is 2.49. The Bertz CT molecular complexity index is 318. The van der Waals surface area contributed by atoms with Gasteiger partial charge in [-0.15, -0.1) is 0 Å². The molecule has 0 radical (unpaired) electrons. The van der Waals surface area contributed by atoms with Gasteiger partial charge in [0, 0.05) is 12.6 Å². The molecule has 5 heteroatoms. The van der Waals surface area contributed by atoms with Crippen LogP contribution in [-0.2, 0) is 0 Å². The molecule has 0 bridgehead atoms. The molecule has 0 amide bonds. The summed E-state index contributed by atoms with van der Waals surface area (Å²) < 4.78 is 0. The summed E-state index contributed by atoms with van der Waals surface area (Å²) >= 11 is 10.6. The Morgan fingerprint density at radius 3 is 2.60 bits per heavy atom. The minimum atomic E-state index is -0.0989. The Morgan fingerprint density at radius 1 is 1.40 bits per heavy atom. The van der Waals surface area contributed by atoms with Crippen molar-refractivity contribution >= 4 is 34.5 Å². The fraction of sp³-hybridized carbons (Fsp3) is 0.800. The maximum atomic E-state index is 5.42. The van der Waals surface area contributed by atoms with Gasteiger partial charge in [0.15, 0.2) is 5.11 Å². The van der Waals surface area contributed by atoms with Crippen LogP contribution in [0.25, 0.3) is 0 Å². The Morgan fingerprint density at radius 2 is 2.07 bits per heavy atom.